The third kappa shape index (κ3) is 2.51. The van der Waals surface area contributed by atoms with Gasteiger partial charge in [-0.25, -0.2) is 0 Å². The van der Waals surface area contributed by atoms with E-state index in [9.17, 15) is 4.79 Å². The van der Waals surface area contributed by atoms with Crippen LogP contribution in [-0.4, -0.2) is 31.2 Å². The molecule has 3 unspecified atom stereocenters. The Morgan fingerprint density at radius 3 is 2.95 bits per heavy atom. The summed E-state index contributed by atoms with van der Waals surface area (Å²) in [6.07, 6.45) is 2.49. The lowest BCUT2D eigenvalue weighted by Gasteiger charge is -2.30. The highest BCUT2D eigenvalue weighted by molar-refractivity contribution is 5.81. The van der Waals surface area contributed by atoms with E-state index in [1.54, 1.807) is 0 Å². The second-order valence-corrected chi connectivity index (χ2v) is 5.40. The molecule has 19 heavy (non-hydrogen) atoms. The number of carbonyl (C=O) groups excluding carboxylic acids is 1. The molecule has 1 fully saturated rings. The van der Waals surface area contributed by atoms with Crippen molar-refractivity contribution in [3.63, 3.8) is 0 Å². The summed E-state index contributed by atoms with van der Waals surface area (Å²) in [6, 6.07) is 8.41. The van der Waals surface area contributed by atoms with E-state index in [2.05, 4.69) is 29.6 Å². The first-order chi connectivity index (χ1) is 9.28. The van der Waals surface area contributed by atoms with E-state index in [4.69, 9.17) is 10.5 Å². The first kappa shape index (κ1) is 12.6. The van der Waals surface area contributed by atoms with Crippen LogP contribution in [0.5, 0.6) is 0 Å². The molecule has 0 saturated carbocycles. The number of amides is 1. The Balaban J connectivity index is 1.48. The third-order valence-corrected chi connectivity index (χ3v) is 4.15. The summed E-state index contributed by atoms with van der Waals surface area (Å²) >= 11 is 0. The minimum absolute atomic E-state index is 0.0142. The number of carbonyl (C=O) groups is 1. The Bertz CT molecular complexity index is 475. The Hall–Kier alpha value is -1.39. The van der Waals surface area contributed by atoms with Gasteiger partial charge < -0.3 is 15.8 Å². The first-order valence-electron chi connectivity index (χ1n) is 6.99. The van der Waals surface area contributed by atoms with Crippen LogP contribution in [0.15, 0.2) is 24.3 Å². The maximum absolute atomic E-state index is 12.0. The van der Waals surface area contributed by atoms with Crippen molar-refractivity contribution in [2.45, 2.75) is 37.4 Å². The fraction of sp³-hybridized carbons (Fsp3) is 0.533. The van der Waals surface area contributed by atoms with Crippen LogP contribution in [0.25, 0.3) is 0 Å². The van der Waals surface area contributed by atoms with E-state index in [1.165, 1.54) is 11.1 Å². The average Bonchev–Trinajstić information content (AvgIpc) is 2.88. The number of nitrogens with two attached hydrogens (primary N) is 1. The van der Waals surface area contributed by atoms with Crippen molar-refractivity contribution in [2.75, 3.05) is 13.1 Å². The molecular formula is C15H20N2O2. The van der Waals surface area contributed by atoms with Crippen molar-refractivity contribution in [3.05, 3.63) is 35.4 Å². The maximum Gasteiger partial charge on any atom is 0.249 e. The second-order valence-electron chi connectivity index (χ2n) is 5.40. The van der Waals surface area contributed by atoms with Crippen LogP contribution in [0.3, 0.4) is 0 Å². The number of hydrogen-bond donors (Lipinski definition) is 2. The van der Waals surface area contributed by atoms with E-state index in [0.717, 1.165) is 19.3 Å². The zero-order chi connectivity index (χ0) is 13.2. The zero-order valence-corrected chi connectivity index (χ0v) is 11.0. The molecule has 1 saturated heterocycles. The van der Waals surface area contributed by atoms with Crippen molar-refractivity contribution < 1.29 is 9.53 Å². The summed E-state index contributed by atoms with van der Waals surface area (Å²) in [6.45, 7) is 1.21. The third-order valence-electron chi connectivity index (χ3n) is 4.15. The molecule has 0 bridgehead atoms. The van der Waals surface area contributed by atoms with Gasteiger partial charge in [-0.05, 0) is 30.4 Å². The van der Waals surface area contributed by atoms with Crippen molar-refractivity contribution in [1.29, 1.82) is 0 Å². The lowest BCUT2D eigenvalue weighted by molar-refractivity contribution is -0.131. The molecule has 4 heteroatoms. The Labute approximate surface area is 113 Å². The van der Waals surface area contributed by atoms with Gasteiger partial charge in [0.1, 0.15) is 6.10 Å². The Kier molecular flexibility index (Phi) is 3.53. The molecule has 102 valence electrons. The number of nitrogens with one attached hydrogen (secondary N) is 1. The largest absolute Gasteiger partial charge is 0.364 e. The highest BCUT2D eigenvalue weighted by Gasteiger charge is 2.31. The molecule has 1 aromatic carbocycles. The molecule has 2 aliphatic rings. The average molecular weight is 260 g/mol. The smallest absolute Gasteiger partial charge is 0.249 e. The first-order valence-corrected chi connectivity index (χ1v) is 6.99. The minimum Gasteiger partial charge on any atom is -0.364 e. The number of fused-ring (bicyclic) bond motifs is 1. The van der Waals surface area contributed by atoms with Gasteiger partial charge in [0.25, 0.3) is 0 Å². The van der Waals surface area contributed by atoms with Gasteiger partial charge in [0.2, 0.25) is 5.91 Å². The van der Waals surface area contributed by atoms with Crippen LogP contribution in [-0.2, 0) is 16.0 Å². The molecule has 3 atom stereocenters. The maximum atomic E-state index is 12.0. The SMILES string of the molecule is NCC1CCC(C(=O)NCC2Cc3ccccc32)O1. The van der Waals surface area contributed by atoms with Crippen LogP contribution in [0.4, 0.5) is 0 Å². The highest BCUT2D eigenvalue weighted by Crippen LogP contribution is 2.34. The molecule has 3 rings (SSSR count). The van der Waals surface area contributed by atoms with Gasteiger partial charge in [0, 0.05) is 19.0 Å². The van der Waals surface area contributed by atoms with Crippen LogP contribution in [0, 0.1) is 0 Å². The number of hydrogen-bond acceptors (Lipinski definition) is 3. The van der Waals surface area contributed by atoms with Crippen LogP contribution in [0.1, 0.15) is 29.9 Å². The predicted molar refractivity (Wildman–Crippen MR) is 72.8 cm³/mol. The predicted octanol–water partition coefficient (Wildman–Crippen LogP) is 0.949. The summed E-state index contributed by atoms with van der Waals surface area (Å²) in [5, 5.41) is 3.01. The van der Waals surface area contributed by atoms with Gasteiger partial charge in [-0.2, -0.15) is 0 Å². The van der Waals surface area contributed by atoms with Gasteiger partial charge in [0.05, 0.1) is 6.10 Å². The molecule has 1 aromatic rings. The molecule has 4 nitrogen and oxygen atoms in total. The van der Waals surface area contributed by atoms with Crippen LogP contribution < -0.4 is 11.1 Å². The zero-order valence-electron chi connectivity index (χ0n) is 11.0. The Morgan fingerprint density at radius 2 is 2.21 bits per heavy atom. The fourth-order valence-corrected chi connectivity index (χ4v) is 2.95. The van der Waals surface area contributed by atoms with Gasteiger partial charge >= 0.3 is 0 Å². The van der Waals surface area contributed by atoms with E-state index in [-0.39, 0.29) is 18.1 Å². The summed E-state index contributed by atoms with van der Waals surface area (Å²) in [4.78, 5) is 12.0. The molecule has 1 aliphatic heterocycles. The van der Waals surface area contributed by atoms with Gasteiger partial charge in [-0.1, -0.05) is 24.3 Å². The summed E-state index contributed by atoms with van der Waals surface area (Å²) in [5.74, 6) is 0.479. The van der Waals surface area contributed by atoms with E-state index >= 15 is 0 Å². The Morgan fingerprint density at radius 1 is 1.37 bits per heavy atom. The molecule has 0 radical (unpaired) electrons. The topological polar surface area (TPSA) is 64.4 Å². The van der Waals surface area contributed by atoms with Gasteiger partial charge in [-0.3, -0.25) is 4.79 Å². The summed E-state index contributed by atoms with van der Waals surface area (Å²) < 4.78 is 5.59. The van der Waals surface area contributed by atoms with E-state index in [1.807, 2.05) is 0 Å². The normalized spacial score (nSPS) is 28.6. The molecule has 1 aliphatic carbocycles. The lowest BCUT2D eigenvalue weighted by atomic mass is 9.77. The summed E-state index contributed by atoms with van der Waals surface area (Å²) in [7, 11) is 0. The number of ether oxygens (including phenoxy) is 1. The van der Waals surface area contributed by atoms with Gasteiger partial charge in [-0.15, -0.1) is 0 Å². The lowest BCUT2D eigenvalue weighted by Crippen LogP contribution is -2.39. The van der Waals surface area contributed by atoms with E-state index < -0.39 is 0 Å². The molecular weight excluding hydrogens is 240 g/mol. The highest BCUT2D eigenvalue weighted by atomic mass is 16.5. The quantitative estimate of drug-likeness (QED) is 0.847. The number of benzene rings is 1. The minimum atomic E-state index is -0.302. The van der Waals surface area contributed by atoms with Crippen molar-refractivity contribution >= 4 is 5.91 Å². The molecule has 3 N–H and O–H groups in total. The van der Waals surface area contributed by atoms with Gasteiger partial charge in [0.15, 0.2) is 0 Å². The van der Waals surface area contributed by atoms with Crippen molar-refractivity contribution in [3.8, 4) is 0 Å². The molecule has 0 aromatic heterocycles. The fourth-order valence-electron chi connectivity index (χ4n) is 2.95. The van der Waals surface area contributed by atoms with Crippen molar-refractivity contribution in [1.82, 2.24) is 5.32 Å². The van der Waals surface area contributed by atoms with E-state index in [0.29, 0.717) is 19.0 Å². The standard InChI is InChI=1S/C15H20N2O2/c16-8-12-5-6-14(19-12)15(18)17-9-11-7-10-3-1-2-4-13(10)11/h1-4,11-12,14H,5-9,16H2,(H,17,18). The molecule has 1 heterocycles. The second kappa shape index (κ2) is 5.31. The molecule has 1 amide bonds. The number of rotatable bonds is 4. The van der Waals surface area contributed by atoms with Crippen LogP contribution in [0.2, 0.25) is 0 Å². The van der Waals surface area contributed by atoms with Crippen molar-refractivity contribution in [2.24, 2.45) is 5.73 Å². The monoisotopic (exact) mass is 260 g/mol. The summed E-state index contributed by atoms with van der Waals surface area (Å²) in [5.41, 5.74) is 8.32. The molecule has 0 spiro atoms. The van der Waals surface area contributed by atoms with Crippen LogP contribution >= 0.6 is 0 Å².